The minimum atomic E-state index is -0.752. The smallest absolute Gasteiger partial charge is 0.303 e. The topological polar surface area (TPSA) is 65.9 Å². The molecule has 1 aliphatic rings. The Morgan fingerprint density at radius 3 is 2.38 bits per heavy atom. The van der Waals surface area contributed by atoms with Crippen molar-refractivity contribution in [1.82, 2.24) is 4.98 Å². The normalized spacial score (nSPS) is 14.3. The van der Waals surface area contributed by atoms with Gasteiger partial charge < -0.3 is 19.6 Å². The maximum atomic E-state index is 10.5. The van der Waals surface area contributed by atoms with Gasteiger partial charge in [0.2, 0.25) is 0 Å². The van der Waals surface area contributed by atoms with E-state index in [2.05, 4.69) is 39.0 Å². The second-order valence-electron chi connectivity index (χ2n) is 6.38. The van der Waals surface area contributed by atoms with E-state index in [0.717, 1.165) is 38.3 Å². The molecule has 1 aromatic heterocycles. The molecule has 1 aromatic carbocycles. The molecule has 1 fully saturated rings. The van der Waals surface area contributed by atoms with Crippen LogP contribution in [0.25, 0.3) is 0 Å². The summed E-state index contributed by atoms with van der Waals surface area (Å²) in [6.45, 7) is 4.43. The van der Waals surface area contributed by atoms with Crippen molar-refractivity contribution in [3.05, 3.63) is 48.8 Å². The Morgan fingerprint density at radius 2 is 1.69 bits per heavy atom. The van der Waals surface area contributed by atoms with Gasteiger partial charge in [0, 0.05) is 62.4 Å². The lowest BCUT2D eigenvalue weighted by atomic mass is 10.2. The minimum absolute atomic E-state index is 0.200. The molecule has 0 saturated carbocycles. The Hall–Kier alpha value is -2.76. The molecule has 1 saturated heterocycles. The zero-order valence-corrected chi connectivity index (χ0v) is 14.9. The SMILES string of the molecule is O=C(O)CCCCOc1cccc(N2CCN(c3ccncc3)CC2)c1. The maximum absolute atomic E-state index is 10.5. The average molecular weight is 355 g/mol. The summed E-state index contributed by atoms with van der Waals surface area (Å²) >= 11 is 0. The number of aromatic nitrogens is 1. The number of rotatable bonds is 8. The van der Waals surface area contributed by atoms with Gasteiger partial charge in [-0.2, -0.15) is 0 Å². The first-order chi connectivity index (χ1) is 12.7. The van der Waals surface area contributed by atoms with E-state index < -0.39 is 5.97 Å². The van der Waals surface area contributed by atoms with Gasteiger partial charge >= 0.3 is 5.97 Å². The van der Waals surface area contributed by atoms with E-state index in [1.807, 2.05) is 24.5 Å². The third-order valence-electron chi connectivity index (χ3n) is 4.54. The van der Waals surface area contributed by atoms with Crippen molar-refractivity contribution in [1.29, 1.82) is 0 Å². The fourth-order valence-electron chi connectivity index (χ4n) is 3.12. The number of carboxylic acid groups (broad SMARTS) is 1. The highest BCUT2D eigenvalue weighted by Crippen LogP contribution is 2.24. The van der Waals surface area contributed by atoms with E-state index in [4.69, 9.17) is 9.84 Å². The molecule has 0 unspecified atom stereocenters. The lowest BCUT2D eigenvalue weighted by Gasteiger charge is -2.37. The van der Waals surface area contributed by atoms with Gasteiger partial charge in [-0.3, -0.25) is 9.78 Å². The molecular weight excluding hydrogens is 330 g/mol. The Kier molecular flexibility index (Phi) is 6.30. The van der Waals surface area contributed by atoms with Gasteiger partial charge in [-0.05, 0) is 37.1 Å². The fraction of sp³-hybridized carbons (Fsp3) is 0.400. The zero-order valence-electron chi connectivity index (χ0n) is 14.9. The minimum Gasteiger partial charge on any atom is -0.494 e. The summed E-state index contributed by atoms with van der Waals surface area (Å²) in [6.07, 6.45) is 5.26. The Balaban J connectivity index is 1.48. The van der Waals surface area contributed by atoms with Crippen molar-refractivity contribution in [3.8, 4) is 5.75 Å². The largest absolute Gasteiger partial charge is 0.494 e. The van der Waals surface area contributed by atoms with Crippen LogP contribution in [0.4, 0.5) is 11.4 Å². The first-order valence-electron chi connectivity index (χ1n) is 9.07. The van der Waals surface area contributed by atoms with Gasteiger partial charge in [0.25, 0.3) is 0 Å². The number of unbranched alkanes of at least 4 members (excludes halogenated alkanes) is 1. The van der Waals surface area contributed by atoms with E-state index >= 15 is 0 Å². The standard InChI is InChI=1S/C20H25N3O3/c24-20(25)6-1-2-15-26-19-5-3-4-18(16-19)23-13-11-22(12-14-23)17-7-9-21-10-8-17/h3-5,7-10,16H,1-2,6,11-15H2,(H,24,25). The highest BCUT2D eigenvalue weighted by atomic mass is 16.5. The van der Waals surface area contributed by atoms with Crippen LogP contribution in [0.1, 0.15) is 19.3 Å². The molecular formula is C20H25N3O3. The number of benzene rings is 1. The molecule has 6 heteroatoms. The number of carbonyl (C=O) groups is 1. The average Bonchev–Trinajstić information content (AvgIpc) is 2.68. The summed E-state index contributed by atoms with van der Waals surface area (Å²) in [5, 5.41) is 8.65. The highest BCUT2D eigenvalue weighted by molar-refractivity contribution is 5.66. The third-order valence-corrected chi connectivity index (χ3v) is 4.54. The lowest BCUT2D eigenvalue weighted by molar-refractivity contribution is -0.137. The first kappa shape index (κ1) is 18.0. The molecule has 26 heavy (non-hydrogen) atoms. The molecule has 1 N–H and O–H groups in total. The van der Waals surface area contributed by atoms with Crippen LogP contribution in [0.2, 0.25) is 0 Å². The van der Waals surface area contributed by atoms with Crippen LogP contribution < -0.4 is 14.5 Å². The second-order valence-corrected chi connectivity index (χ2v) is 6.38. The summed E-state index contributed by atoms with van der Waals surface area (Å²) in [5.41, 5.74) is 2.39. The number of ether oxygens (including phenoxy) is 1. The van der Waals surface area contributed by atoms with Crippen molar-refractivity contribution in [2.75, 3.05) is 42.6 Å². The zero-order chi connectivity index (χ0) is 18.2. The molecule has 0 amide bonds. The maximum Gasteiger partial charge on any atom is 0.303 e. The van der Waals surface area contributed by atoms with E-state index in [-0.39, 0.29) is 6.42 Å². The molecule has 2 aromatic rings. The molecule has 2 heterocycles. The fourth-order valence-corrected chi connectivity index (χ4v) is 3.12. The van der Waals surface area contributed by atoms with Crippen LogP contribution in [0, 0.1) is 0 Å². The van der Waals surface area contributed by atoms with E-state index in [0.29, 0.717) is 13.0 Å². The summed E-state index contributed by atoms with van der Waals surface area (Å²) in [6, 6.07) is 12.2. The molecule has 138 valence electrons. The van der Waals surface area contributed by atoms with Gasteiger partial charge in [0.15, 0.2) is 0 Å². The van der Waals surface area contributed by atoms with Crippen LogP contribution in [-0.2, 0) is 4.79 Å². The van der Waals surface area contributed by atoms with Gasteiger partial charge in [0.05, 0.1) is 6.61 Å². The number of pyridine rings is 1. The number of carboxylic acids is 1. The van der Waals surface area contributed by atoms with Crippen LogP contribution in [0.5, 0.6) is 5.75 Å². The Morgan fingerprint density at radius 1 is 1.00 bits per heavy atom. The lowest BCUT2D eigenvalue weighted by Crippen LogP contribution is -2.46. The number of nitrogens with zero attached hydrogens (tertiary/aromatic N) is 3. The molecule has 1 aliphatic heterocycles. The first-order valence-corrected chi connectivity index (χ1v) is 9.07. The van der Waals surface area contributed by atoms with Crippen LogP contribution >= 0.6 is 0 Å². The van der Waals surface area contributed by atoms with Crippen LogP contribution in [0.15, 0.2) is 48.8 Å². The summed E-state index contributed by atoms with van der Waals surface area (Å²) < 4.78 is 5.77. The Bertz CT molecular complexity index is 700. The van der Waals surface area contributed by atoms with Crippen molar-refractivity contribution < 1.29 is 14.6 Å². The molecule has 0 aliphatic carbocycles. The van der Waals surface area contributed by atoms with Crippen molar-refractivity contribution in [2.45, 2.75) is 19.3 Å². The summed E-state index contributed by atoms with van der Waals surface area (Å²) in [7, 11) is 0. The summed E-state index contributed by atoms with van der Waals surface area (Å²) in [5.74, 6) is 0.0901. The molecule has 0 spiro atoms. The molecule has 3 rings (SSSR count). The highest BCUT2D eigenvalue weighted by Gasteiger charge is 2.17. The van der Waals surface area contributed by atoms with E-state index in [1.54, 1.807) is 0 Å². The van der Waals surface area contributed by atoms with Gasteiger partial charge in [0.1, 0.15) is 5.75 Å². The van der Waals surface area contributed by atoms with Crippen LogP contribution in [-0.4, -0.2) is 48.8 Å². The van der Waals surface area contributed by atoms with Gasteiger partial charge in [-0.1, -0.05) is 6.07 Å². The van der Waals surface area contributed by atoms with Gasteiger partial charge in [-0.25, -0.2) is 0 Å². The van der Waals surface area contributed by atoms with E-state index in [1.165, 1.54) is 11.4 Å². The molecule has 0 atom stereocenters. The van der Waals surface area contributed by atoms with Crippen molar-refractivity contribution >= 4 is 17.3 Å². The monoisotopic (exact) mass is 355 g/mol. The van der Waals surface area contributed by atoms with Crippen LogP contribution in [0.3, 0.4) is 0 Å². The number of piperazine rings is 1. The van der Waals surface area contributed by atoms with Crippen molar-refractivity contribution in [3.63, 3.8) is 0 Å². The summed E-state index contributed by atoms with van der Waals surface area (Å²) in [4.78, 5) is 19.3. The number of aliphatic carboxylic acids is 1. The van der Waals surface area contributed by atoms with Crippen molar-refractivity contribution in [2.24, 2.45) is 0 Å². The van der Waals surface area contributed by atoms with Gasteiger partial charge in [-0.15, -0.1) is 0 Å². The quantitative estimate of drug-likeness (QED) is 0.734. The van der Waals surface area contributed by atoms with E-state index in [9.17, 15) is 4.79 Å². The number of anilines is 2. The number of hydrogen-bond donors (Lipinski definition) is 1. The Labute approximate surface area is 154 Å². The predicted octanol–water partition coefficient (Wildman–Crippen LogP) is 3.04. The number of hydrogen-bond acceptors (Lipinski definition) is 5. The second kappa shape index (κ2) is 9.08. The predicted molar refractivity (Wildman–Crippen MR) is 102 cm³/mol. The molecule has 6 nitrogen and oxygen atoms in total. The molecule has 0 bridgehead atoms. The third kappa shape index (κ3) is 5.12. The molecule has 0 radical (unpaired) electrons.